The molecule has 0 aromatic heterocycles. The zero-order chi connectivity index (χ0) is 18.9. The Balaban J connectivity index is 2.14. The Bertz CT molecular complexity index is 328. The smallest absolute Gasteiger partial charge is 0.222 e. The first-order chi connectivity index (χ1) is 12.8. The van der Waals surface area contributed by atoms with Gasteiger partial charge in [-0.2, -0.15) is 0 Å². The predicted molar refractivity (Wildman–Crippen MR) is 115 cm³/mol. The predicted octanol–water partition coefficient (Wildman–Crippen LogP) is 7.65. The van der Waals surface area contributed by atoms with Gasteiger partial charge in [0.2, 0.25) is 5.91 Å². The number of hydrogen-bond donors (Lipinski definition) is 0. The van der Waals surface area contributed by atoms with Crippen LogP contribution in [0.5, 0.6) is 0 Å². The zero-order valence-electron chi connectivity index (χ0n) is 18.1. The van der Waals surface area contributed by atoms with Gasteiger partial charge >= 0.3 is 0 Å². The molecule has 1 saturated heterocycles. The van der Waals surface area contributed by atoms with Crippen LogP contribution in [-0.4, -0.2) is 23.4 Å². The number of amides is 1. The van der Waals surface area contributed by atoms with Gasteiger partial charge in [0.15, 0.2) is 0 Å². The molecule has 1 atom stereocenters. The van der Waals surface area contributed by atoms with Crippen molar-refractivity contribution < 1.29 is 4.79 Å². The number of likely N-dealkylation sites (tertiary alicyclic amines) is 1. The van der Waals surface area contributed by atoms with Crippen molar-refractivity contribution in [2.45, 2.75) is 142 Å². The molecule has 1 unspecified atom stereocenters. The highest BCUT2D eigenvalue weighted by molar-refractivity contribution is 5.78. The third-order valence-electron chi connectivity index (χ3n) is 6.08. The standard InChI is InChI=1S/C24H47NO/c1-3-5-7-9-11-12-13-15-17-20-23(25-22-18-21-24(25)26)19-16-14-10-8-6-4-2/h23H,3-22H2,1-2H3. The van der Waals surface area contributed by atoms with E-state index in [1.165, 1.54) is 109 Å². The quantitative estimate of drug-likeness (QED) is 0.228. The first kappa shape index (κ1) is 23.5. The second-order valence-electron chi connectivity index (χ2n) is 8.52. The fraction of sp³-hybridized carbons (Fsp3) is 0.958. The molecule has 1 aliphatic heterocycles. The number of rotatable bonds is 18. The van der Waals surface area contributed by atoms with Crippen LogP contribution in [-0.2, 0) is 4.79 Å². The summed E-state index contributed by atoms with van der Waals surface area (Å²) in [5.74, 6) is 0.428. The zero-order valence-corrected chi connectivity index (χ0v) is 18.1. The number of nitrogens with zero attached hydrogens (tertiary/aromatic N) is 1. The molecule has 1 aliphatic rings. The Morgan fingerprint density at radius 2 is 1.12 bits per heavy atom. The maximum atomic E-state index is 12.2. The Kier molecular flexibility index (Phi) is 15.0. The SMILES string of the molecule is CCCCCCCCCCCC(CCCCCCCC)N1CCCC1=O. The van der Waals surface area contributed by atoms with E-state index in [-0.39, 0.29) is 0 Å². The molecule has 26 heavy (non-hydrogen) atoms. The van der Waals surface area contributed by atoms with E-state index >= 15 is 0 Å². The normalized spacial score (nSPS) is 15.8. The van der Waals surface area contributed by atoms with Crippen LogP contribution >= 0.6 is 0 Å². The molecule has 1 heterocycles. The van der Waals surface area contributed by atoms with Crippen molar-refractivity contribution >= 4 is 5.91 Å². The summed E-state index contributed by atoms with van der Waals surface area (Å²) in [4.78, 5) is 14.4. The molecule has 0 N–H and O–H groups in total. The topological polar surface area (TPSA) is 20.3 Å². The minimum absolute atomic E-state index is 0.428. The van der Waals surface area contributed by atoms with E-state index < -0.39 is 0 Å². The van der Waals surface area contributed by atoms with Crippen molar-refractivity contribution in [2.24, 2.45) is 0 Å². The van der Waals surface area contributed by atoms with E-state index in [2.05, 4.69) is 18.7 Å². The van der Waals surface area contributed by atoms with E-state index in [0.717, 1.165) is 19.4 Å². The Hall–Kier alpha value is -0.530. The summed E-state index contributed by atoms with van der Waals surface area (Å²) in [6, 6.07) is 0.542. The van der Waals surface area contributed by atoms with Gasteiger partial charge in [-0.15, -0.1) is 0 Å². The molecule has 154 valence electrons. The minimum Gasteiger partial charge on any atom is -0.340 e. The summed E-state index contributed by atoms with van der Waals surface area (Å²) in [6.07, 6.45) is 25.0. The minimum atomic E-state index is 0.428. The van der Waals surface area contributed by atoms with Crippen molar-refractivity contribution in [3.05, 3.63) is 0 Å². The van der Waals surface area contributed by atoms with Crippen LogP contribution in [0, 0.1) is 0 Å². The Labute approximate surface area is 164 Å². The lowest BCUT2D eigenvalue weighted by atomic mass is 9.98. The molecule has 0 radical (unpaired) electrons. The van der Waals surface area contributed by atoms with Gasteiger partial charge in [-0.05, 0) is 19.3 Å². The van der Waals surface area contributed by atoms with Crippen molar-refractivity contribution in [3.63, 3.8) is 0 Å². The molecule has 1 fully saturated rings. The second kappa shape index (κ2) is 16.6. The highest BCUT2D eigenvalue weighted by Crippen LogP contribution is 2.23. The van der Waals surface area contributed by atoms with Crippen LogP contribution < -0.4 is 0 Å². The van der Waals surface area contributed by atoms with E-state index in [1.807, 2.05) is 0 Å². The Morgan fingerprint density at radius 3 is 1.50 bits per heavy atom. The lowest BCUT2D eigenvalue weighted by Crippen LogP contribution is -2.36. The summed E-state index contributed by atoms with van der Waals surface area (Å²) in [5.41, 5.74) is 0. The maximum absolute atomic E-state index is 12.2. The number of hydrogen-bond acceptors (Lipinski definition) is 1. The lowest BCUT2D eigenvalue weighted by Gasteiger charge is -2.28. The van der Waals surface area contributed by atoms with Gasteiger partial charge in [0, 0.05) is 19.0 Å². The Morgan fingerprint density at radius 1 is 0.692 bits per heavy atom. The van der Waals surface area contributed by atoms with Gasteiger partial charge < -0.3 is 4.90 Å². The summed E-state index contributed by atoms with van der Waals surface area (Å²) >= 11 is 0. The van der Waals surface area contributed by atoms with E-state index in [4.69, 9.17) is 0 Å². The molecular weight excluding hydrogens is 318 g/mol. The largest absolute Gasteiger partial charge is 0.340 e. The van der Waals surface area contributed by atoms with E-state index in [9.17, 15) is 4.79 Å². The van der Waals surface area contributed by atoms with Crippen LogP contribution in [0.25, 0.3) is 0 Å². The molecule has 0 aromatic rings. The van der Waals surface area contributed by atoms with Crippen molar-refractivity contribution in [2.75, 3.05) is 6.54 Å². The fourth-order valence-corrected chi connectivity index (χ4v) is 4.36. The van der Waals surface area contributed by atoms with Crippen molar-refractivity contribution in [3.8, 4) is 0 Å². The molecule has 1 amide bonds. The van der Waals surface area contributed by atoms with Gasteiger partial charge in [-0.3, -0.25) is 4.79 Å². The third-order valence-corrected chi connectivity index (χ3v) is 6.08. The third kappa shape index (κ3) is 11.2. The number of carbonyl (C=O) groups is 1. The molecular formula is C24H47NO. The molecule has 0 aliphatic carbocycles. The van der Waals surface area contributed by atoms with Gasteiger partial charge in [-0.1, -0.05) is 110 Å². The van der Waals surface area contributed by atoms with Crippen LogP contribution in [0.15, 0.2) is 0 Å². The molecule has 0 saturated carbocycles. The summed E-state index contributed by atoms with van der Waals surface area (Å²) in [6.45, 7) is 5.59. The first-order valence-corrected chi connectivity index (χ1v) is 12.1. The number of carbonyl (C=O) groups excluding carboxylic acids is 1. The van der Waals surface area contributed by atoms with Crippen LogP contribution in [0.1, 0.15) is 136 Å². The maximum Gasteiger partial charge on any atom is 0.222 e. The highest BCUT2D eigenvalue weighted by Gasteiger charge is 2.26. The van der Waals surface area contributed by atoms with Crippen molar-refractivity contribution in [1.82, 2.24) is 4.90 Å². The monoisotopic (exact) mass is 365 g/mol. The fourth-order valence-electron chi connectivity index (χ4n) is 4.36. The molecule has 1 rings (SSSR count). The highest BCUT2D eigenvalue weighted by atomic mass is 16.2. The van der Waals surface area contributed by atoms with Crippen molar-refractivity contribution in [1.29, 1.82) is 0 Å². The molecule has 0 bridgehead atoms. The van der Waals surface area contributed by atoms with Crippen LogP contribution in [0.3, 0.4) is 0 Å². The number of unbranched alkanes of at least 4 members (excludes halogenated alkanes) is 13. The first-order valence-electron chi connectivity index (χ1n) is 12.1. The van der Waals surface area contributed by atoms with Gasteiger partial charge in [0.1, 0.15) is 0 Å². The summed E-state index contributed by atoms with van der Waals surface area (Å²) in [5, 5.41) is 0. The second-order valence-corrected chi connectivity index (χ2v) is 8.52. The molecule has 0 spiro atoms. The lowest BCUT2D eigenvalue weighted by molar-refractivity contribution is -0.130. The molecule has 2 heteroatoms. The summed E-state index contributed by atoms with van der Waals surface area (Å²) in [7, 11) is 0. The molecule has 2 nitrogen and oxygen atoms in total. The average molecular weight is 366 g/mol. The average Bonchev–Trinajstić information content (AvgIpc) is 3.07. The van der Waals surface area contributed by atoms with E-state index in [1.54, 1.807) is 0 Å². The van der Waals surface area contributed by atoms with Gasteiger partial charge in [0.25, 0.3) is 0 Å². The van der Waals surface area contributed by atoms with Gasteiger partial charge in [0.05, 0.1) is 0 Å². The summed E-state index contributed by atoms with van der Waals surface area (Å²) < 4.78 is 0. The molecule has 0 aromatic carbocycles. The van der Waals surface area contributed by atoms with Crippen LogP contribution in [0.2, 0.25) is 0 Å². The van der Waals surface area contributed by atoms with Crippen LogP contribution in [0.4, 0.5) is 0 Å². The van der Waals surface area contributed by atoms with E-state index in [0.29, 0.717) is 11.9 Å². The van der Waals surface area contributed by atoms with Gasteiger partial charge in [-0.25, -0.2) is 0 Å².